The monoisotopic (exact) mass is 1640 g/mol. The molecular weight excluding hydrogens is 1520 g/mol. The van der Waals surface area contributed by atoms with Crippen LogP contribution in [0.4, 0.5) is 0 Å². The molecule has 622 valence electrons. The Morgan fingerprint density at radius 1 is 0.440 bits per heavy atom. The third-order valence-electron chi connectivity index (χ3n) is 24.9. The molecule has 19 nitrogen and oxygen atoms in total. The highest BCUT2D eigenvalue weighted by molar-refractivity contribution is 6.32. The Morgan fingerprint density at radius 3 is 1.15 bits per heavy atom. The van der Waals surface area contributed by atoms with Crippen molar-refractivity contribution in [3.8, 4) is 0 Å². The van der Waals surface area contributed by atoms with E-state index in [-0.39, 0.29) is 88.4 Å². The minimum Gasteiger partial charge on any atom is -0.379 e. The Morgan fingerprint density at radius 2 is 0.776 bits per heavy atom. The first kappa shape index (κ1) is 88.8. The zero-order valence-corrected chi connectivity index (χ0v) is 71.2. The number of benzene rings is 8. The molecule has 0 saturated carbocycles. The van der Waals surface area contributed by atoms with Crippen LogP contribution in [0.5, 0.6) is 0 Å². The molecule has 8 aromatic carbocycles. The molecule has 6 amide bonds. The summed E-state index contributed by atoms with van der Waals surface area (Å²) in [6.45, 7) is 26.6. The topological polar surface area (TPSA) is 226 Å². The fourth-order valence-corrected chi connectivity index (χ4v) is 17.1. The molecule has 116 heavy (non-hydrogen) atoms. The van der Waals surface area contributed by atoms with Crippen LogP contribution in [-0.2, 0) is 19.1 Å². The van der Waals surface area contributed by atoms with Gasteiger partial charge in [-0.1, -0.05) is 180 Å². The Kier molecular flexibility index (Phi) is 33.4. The summed E-state index contributed by atoms with van der Waals surface area (Å²) >= 11 is 18.3. The molecule has 8 N–H and O–H groups in total. The number of hydrogen-bond acceptors (Lipinski definition) is 13. The molecule has 5 aliphatic heterocycles. The quantitative estimate of drug-likeness (QED) is 0.0232. The van der Waals surface area contributed by atoms with E-state index in [1.165, 1.54) is 30.4 Å². The third-order valence-corrected chi connectivity index (χ3v) is 25.7. The molecule has 8 aromatic rings. The summed E-state index contributed by atoms with van der Waals surface area (Å²) in [6, 6.07) is 53.9. The van der Waals surface area contributed by atoms with Crippen LogP contribution in [0.15, 0.2) is 170 Å². The minimum atomic E-state index is -0.338. The second-order valence-corrected chi connectivity index (χ2v) is 34.4. The SMILES string of the molecule is CCC(C)(CC)CN1CC[C@@H](CNC(=O)c2ccc3cc(Cl)ccc3c2)N[C@@H](CCN)C1=O.CCC(C)(CC)CN1CC[C@@H](CNC(=O)c2ccc3cc(Cl)ccc3c2)N[C@@H](CCN2CCCCC2)C1=O.O=C(NC[C@@H]1CCN(CC(c2ccccc2)c2ccccc2)C(=O)[C@H](CCN2CCOCC2)N1)c1ccc2cc(Cl)ccc2c1. The Hall–Kier alpha value is -8.05. The zero-order chi connectivity index (χ0) is 82.1. The predicted octanol–water partition coefficient (Wildman–Crippen LogP) is 14.8. The van der Waals surface area contributed by atoms with Crippen molar-refractivity contribution < 1.29 is 33.5 Å². The van der Waals surface area contributed by atoms with Crippen LogP contribution < -0.4 is 37.6 Å². The van der Waals surface area contributed by atoms with E-state index in [2.05, 4.69) is 137 Å². The van der Waals surface area contributed by atoms with E-state index in [1.54, 1.807) is 0 Å². The van der Waals surface area contributed by atoms with E-state index in [0.29, 0.717) is 90.4 Å². The molecular formula is C94H123Cl3N12O7. The smallest absolute Gasteiger partial charge is 0.251 e. The van der Waals surface area contributed by atoms with Crippen molar-refractivity contribution in [1.82, 2.24) is 56.4 Å². The van der Waals surface area contributed by atoms with Crippen molar-refractivity contribution in [1.29, 1.82) is 0 Å². The molecule has 5 saturated heterocycles. The first-order valence-corrected chi connectivity index (χ1v) is 43.6. The van der Waals surface area contributed by atoms with Gasteiger partial charge in [-0.2, -0.15) is 0 Å². The number of morpholine rings is 1. The van der Waals surface area contributed by atoms with Crippen molar-refractivity contribution in [3.05, 3.63) is 213 Å². The second-order valence-electron chi connectivity index (χ2n) is 33.1. The summed E-state index contributed by atoms with van der Waals surface area (Å²) in [5.74, 6) is 0.191. The minimum absolute atomic E-state index is 0.00761. The third kappa shape index (κ3) is 25.3. The largest absolute Gasteiger partial charge is 0.379 e. The van der Waals surface area contributed by atoms with Gasteiger partial charge in [0.25, 0.3) is 17.7 Å². The lowest BCUT2D eigenvalue weighted by molar-refractivity contribution is -0.135. The summed E-state index contributed by atoms with van der Waals surface area (Å²) < 4.78 is 5.54. The van der Waals surface area contributed by atoms with Crippen molar-refractivity contribution in [2.75, 3.05) is 118 Å². The van der Waals surface area contributed by atoms with Crippen molar-refractivity contribution in [3.63, 3.8) is 0 Å². The van der Waals surface area contributed by atoms with Gasteiger partial charge in [0, 0.05) is 141 Å². The van der Waals surface area contributed by atoms with Gasteiger partial charge in [-0.15, -0.1) is 0 Å². The van der Waals surface area contributed by atoms with Gasteiger partial charge < -0.3 is 62.0 Å². The average Bonchev–Trinajstić information content (AvgIpc) is 1.62. The van der Waals surface area contributed by atoms with Gasteiger partial charge in [0.1, 0.15) is 0 Å². The number of nitrogens with zero attached hydrogens (tertiary/aromatic N) is 5. The molecule has 5 aliphatic rings. The molecule has 0 radical (unpaired) electrons. The Labute approximate surface area is 702 Å². The lowest BCUT2D eigenvalue weighted by Crippen LogP contribution is -2.51. The second kappa shape index (κ2) is 43.6. The van der Waals surface area contributed by atoms with Crippen LogP contribution >= 0.6 is 34.8 Å². The maximum Gasteiger partial charge on any atom is 0.251 e. The molecule has 0 aliphatic carbocycles. The summed E-state index contributed by atoms with van der Waals surface area (Å²) in [5.41, 5.74) is 10.3. The summed E-state index contributed by atoms with van der Waals surface area (Å²) in [5, 5.41) is 28.0. The van der Waals surface area contributed by atoms with E-state index >= 15 is 0 Å². The normalized spacial score (nSPS) is 20.2. The van der Waals surface area contributed by atoms with Gasteiger partial charge >= 0.3 is 0 Å². The lowest BCUT2D eigenvalue weighted by Gasteiger charge is -2.35. The van der Waals surface area contributed by atoms with E-state index in [0.717, 1.165) is 156 Å². The molecule has 5 heterocycles. The van der Waals surface area contributed by atoms with Crippen LogP contribution in [0.2, 0.25) is 15.1 Å². The number of ether oxygens (including phenoxy) is 1. The van der Waals surface area contributed by atoms with Gasteiger partial charge in [-0.05, 0) is 224 Å². The van der Waals surface area contributed by atoms with Crippen molar-refractivity contribution in [2.24, 2.45) is 16.6 Å². The number of halogens is 3. The van der Waals surface area contributed by atoms with Gasteiger partial charge in [0.05, 0.1) is 31.3 Å². The van der Waals surface area contributed by atoms with Crippen molar-refractivity contribution >= 4 is 103 Å². The van der Waals surface area contributed by atoms with Crippen LogP contribution in [0.3, 0.4) is 0 Å². The van der Waals surface area contributed by atoms with Crippen LogP contribution in [0.1, 0.15) is 173 Å². The molecule has 0 spiro atoms. The Balaban J connectivity index is 0.000000173. The highest BCUT2D eigenvalue weighted by atomic mass is 35.5. The van der Waals surface area contributed by atoms with Crippen molar-refractivity contribution in [2.45, 2.75) is 167 Å². The Bertz CT molecular complexity index is 4500. The van der Waals surface area contributed by atoms with Crippen LogP contribution in [-0.4, -0.2) is 214 Å². The fourth-order valence-electron chi connectivity index (χ4n) is 16.5. The number of fused-ring (bicyclic) bond motifs is 3. The predicted molar refractivity (Wildman–Crippen MR) is 472 cm³/mol. The number of hydrogen-bond donors (Lipinski definition) is 7. The summed E-state index contributed by atoms with van der Waals surface area (Å²) in [7, 11) is 0. The van der Waals surface area contributed by atoms with Crippen LogP contribution in [0, 0.1) is 10.8 Å². The lowest BCUT2D eigenvalue weighted by atomic mass is 9.84. The number of carbonyl (C=O) groups is 6. The molecule has 13 rings (SSSR count). The van der Waals surface area contributed by atoms with Gasteiger partial charge in [-0.25, -0.2) is 0 Å². The van der Waals surface area contributed by atoms with Gasteiger partial charge in [0.15, 0.2) is 0 Å². The number of piperidine rings is 1. The molecule has 22 heteroatoms. The fraction of sp³-hybridized carbons (Fsp3) is 0.489. The average molecular weight is 1640 g/mol. The van der Waals surface area contributed by atoms with Gasteiger partial charge in [-0.3, -0.25) is 33.7 Å². The molecule has 0 unspecified atom stereocenters. The van der Waals surface area contributed by atoms with Crippen LogP contribution in [0.25, 0.3) is 32.3 Å². The molecule has 5 fully saturated rings. The molecule has 6 atom stereocenters. The molecule has 0 bridgehead atoms. The first-order valence-electron chi connectivity index (χ1n) is 42.5. The summed E-state index contributed by atoms with van der Waals surface area (Å²) in [4.78, 5) is 91.2. The molecule has 0 aromatic heterocycles. The number of rotatable bonds is 29. The number of amides is 6. The number of nitrogens with one attached hydrogen (secondary N) is 6. The number of carbonyl (C=O) groups excluding carboxylic acids is 6. The standard InChI is InChI=1S/C37H41ClN4O3.C31H45ClN4O2.C26H37ClN4O2/c38-32-14-13-29-23-31(12-11-30(29)24-32)36(43)39-25-33-15-18-42(37(44)35(40-33)16-17-41-19-21-45-22-20-41)26-34(27-7-3-1-4-8-27)28-9-5-2-6-10-28;1-4-31(3,5-2)22-36-18-13-27(34-28(30(36)38)14-17-35-15-7-6-8-16-35)21-33-29(37)25-10-9-24-20-26(32)12-11-23(24)19-25;1-4-26(3,5-2)17-31-13-11-22(30-23(10-12-28)25(31)33)16-29-24(32)20-7-6-19-15-21(27)9-8-18(19)14-20/h1-14,23-24,33-35,40H,15-22,25-26H2,(H,39,43);9-12,19-20,27-28,34H,4-8,13-18,21-22H2,1-3H3,(H,33,37);6-9,14-15,22-23,30H,4-5,10-13,16-17,28H2,1-3H3,(H,29,32)/t33-,35-;27-,28-;22-,23-/m000/s1. The van der Waals surface area contributed by atoms with E-state index in [1.807, 2.05) is 131 Å². The number of likely N-dealkylation sites (tertiary alicyclic amines) is 1. The van der Waals surface area contributed by atoms with E-state index in [4.69, 9.17) is 45.3 Å². The highest BCUT2D eigenvalue weighted by Gasteiger charge is 2.38. The maximum atomic E-state index is 14.2. The number of nitrogens with two attached hydrogens (primary N) is 1. The zero-order valence-electron chi connectivity index (χ0n) is 68.9. The highest BCUT2D eigenvalue weighted by Crippen LogP contribution is 2.33. The van der Waals surface area contributed by atoms with Gasteiger partial charge in [0.2, 0.25) is 17.7 Å². The first-order chi connectivity index (χ1) is 56.1. The maximum absolute atomic E-state index is 14.2. The van der Waals surface area contributed by atoms with E-state index < -0.39 is 0 Å². The van der Waals surface area contributed by atoms with E-state index in [9.17, 15) is 28.8 Å². The summed E-state index contributed by atoms with van der Waals surface area (Å²) in [6.07, 6.45) is 12.4.